The van der Waals surface area contributed by atoms with E-state index in [1.54, 1.807) is 0 Å². The number of aliphatic hydroxyl groups is 1. The number of alkyl halides is 3. The van der Waals surface area contributed by atoms with Gasteiger partial charge in [-0.15, -0.1) is 0 Å². The highest BCUT2D eigenvalue weighted by Crippen LogP contribution is 2.22. The highest BCUT2D eigenvalue weighted by atomic mass is 19.4. The average molecular weight is 237 g/mol. The molecule has 0 saturated carbocycles. The molecule has 0 spiro atoms. The van der Waals surface area contributed by atoms with Crippen molar-refractivity contribution in [3.8, 4) is 0 Å². The maximum absolute atomic E-state index is 12.8. The summed E-state index contributed by atoms with van der Waals surface area (Å²) in [6, 6.07) is 4.84. The van der Waals surface area contributed by atoms with Crippen LogP contribution in [0.4, 0.5) is 23.2 Å². The third-order valence-corrected chi connectivity index (χ3v) is 1.91. The Bertz CT molecular complexity index is 340. The van der Waals surface area contributed by atoms with Gasteiger partial charge in [0.05, 0.1) is 6.61 Å². The number of aliphatic hydroxyl groups excluding tert-OH is 1. The Hall–Kier alpha value is -1.30. The van der Waals surface area contributed by atoms with E-state index in [1.807, 2.05) is 0 Å². The molecule has 1 aromatic rings. The summed E-state index contributed by atoms with van der Waals surface area (Å²) in [7, 11) is 0. The Morgan fingerprint density at radius 1 is 1.25 bits per heavy atom. The largest absolute Gasteiger partial charge is 0.405 e. The molecule has 0 aliphatic carbocycles. The van der Waals surface area contributed by atoms with E-state index in [2.05, 4.69) is 0 Å². The van der Waals surface area contributed by atoms with Crippen molar-refractivity contribution in [2.75, 3.05) is 24.6 Å². The van der Waals surface area contributed by atoms with Crippen molar-refractivity contribution in [2.24, 2.45) is 0 Å². The van der Waals surface area contributed by atoms with E-state index in [1.165, 1.54) is 12.1 Å². The zero-order chi connectivity index (χ0) is 12.2. The van der Waals surface area contributed by atoms with E-state index in [0.29, 0.717) is 0 Å². The predicted molar refractivity (Wildman–Crippen MR) is 51.8 cm³/mol. The standard InChI is InChI=1S/C10H11F4NO/c11-8-2-1-3-9(6-8)15(4-5-16)7-10(12,13)14/h1-3,6,16H,4-5,7H2. The summed E-state index contributed by atoms with van der Waals surface area (Å²) < 4.78 is 49.4. The minimum absolute atomic E-state index is 0.103. The second-order valence-electron chi connectivity index (χ2n) is 3.24. The van der Waals surface area contributed by atoms with Gasteiger partial charge in [-0.1, -0.05) is 6.07 Å². The van der Waals surface area contributed by atoms with E-state index in [0.717, 1.165) is 17.0 Å². The highest BCUT2D eigenvalue weighted by Gasteiger charge is 2.30. The van der Waals surface area contributed by atoms with Gasteiger partial charge >= 0.3 is 6.18 Å². The Morgan fingerprint density at radius 3 is 2.44 bits per heavy atom. The molecule has 1 aromatic carbocycles. The summed E-state index contributed by atoms with van der Waals surface area (Å²) in [6.07, 6.45) is -4.39. The van der Waals surface area contributed by atoms with Gasteiger partial charge in [-0.3, -0.25) is 0 Å². The van der Waals surface area contributed by atoms with Gasteiger partial charge in [0, 0.05) is 12.2 Å². The molecule has 1 N–H and O–H groups in total. The molecular formula is C10H11F4NO. The van der Waals surface area contributed by atoms with Crippen LogP contribution in [-0.4, -0.2) is 31.0 Å². The minimum Gasteiger partial charge on any atom is -0.395 e. The first kappa shape index (κ1) is 12.8. The Balaban J connectivity index is 2.85. The first-order valence-corrected chi connectivity index (χ1v) is 4.60. The molecule has 0 radical (unpaired) electrons. The minimum atomic E-state index is -4.39. The molecule has 0 aromatic heterocycles. The van der Waals surface area contributed by atoms with E-state index in [-0.39, 0.29) is 12.2 Å². The van der Waals surface area contributed by atoms with Gasteiger partial charge < -0.3 is 10.0 Å². The fraction of sp³-hybridized carbons (Fsp3) is 0.400. The molecule has 0 atom stereocenters. The quantitative estimate of drug-likeness (QED) is 0.811. The molecule has 1 rings (SSSR count). The first-order valence-electron chi connectivity index (χ1n) is 4.60. The van der Waals surface area contributed by atoms with Crippen LogP contribution in [0, 0.1) is 5.82 Å². The second kappa shape index (κ2) is 5.16. The van der Waals surface area contributed by atoms with Crippen molar-refractivity contribution in [2.45, 2.75) is 6.18 Å². The third-order valence-electron chi connectivity index (χ3n) is 1.91. The number of halogens is 4. The van der Waals surface area contributed by atoms with Crippen LogP contribution in [-0.2, 0) is 0 Å². The van der Waals surface area contributed by atoms with Crippen LogP contribution < -0.4 is 4.90 Å². The van der Waals surface area contributed by atoms with Crippen molar-refractivity contribution < 1.29 is 22.7 Å². The monoisotopic (exact) mass is 237 g/mol. The number of benzene rings is 1. The Morgan fingerprint density at radius 2 is 1.94 bits per heavy atom. The molecule has 0 saturated heterocycles. The molecule has 0 aliphatic rings. The van der Waals surface area contributed by atoms with Crippen LogP contribution in [0.3, 0.4) is 0 Å². The van der Waals surface area contributed by atoms with Crippen LogP contribution in [0.1, 0.15) is 0 Å². The molecular weight excluding hydrogens is 226 g/mol. The molecule has 2 nitrogen and oxygen atoms in total. The maximum atomic E-state index is 12.8. The lowest BCUT2D eigenvalue weighted by molar-refractivity contribution is -0.119. The molecule has 0 heterocycles. The van der Waals surface area contributed by atoms with Crippen LogP contribution in [0.25, 0.3) is 0 Å². The molecule has 0 unspecified atom stereocenters. The van der Waals surface area contributed by atoms with Crippen molar-refractivity contribution in [1.29, 1.82) is 0 Å². The number of nitrogens with zero attached hydrogens (tertiary/aromatic N) is 1. The highest BCUT2D eigenvalue weighted by molar-refractivity contribution is 5.46. The lowest BCUT2D eigenvalue weighted by Crippen LogP contribution is -2.36. The van der Waals surface area contributed by atoms with Crippen molar-refractivity contribution in [1.82, 2.24) is 0 Å². The number of hydrogen-bond donors (Lipinski definition) is 1. The normalized spacial score (nSPS) is 11.6. The molecule has 0 fully saturated rings. The molecule has 6 heteroatoms. The zero-order valence-electron chi connectivity index (χ0n) is 8.34. The topological polar surface area (TPSA) is 23.5 Å². The molecule has 0 bridgehead atoms. The van der Waals surface area contributed by atoms with E-state index >= 15 is 0 Å². The van der Waals surface area contributed by atoms with Gasteiger partial charge in [0.1, 0.15) is 12.4 Å². The predicted octanol–water partition coefficient (Wildman–Crippen LogP) is 2.19. The van der Waals surface area contributed by atoms with Gasteiger partial charge in [0.2, 0.25) is 0 Å². The fourth-order valence-electron chi connectivity index (χ4n) is 1.31. The third kappa shape index (κ3) is 4.06. The van der Waals surface area contributed by atoms with E-state index in [4.69, 9.17) is 5.11 Å². The van der Waals surface area contributed by atoms with Crippen molar-refractivity contribution in [3.05, 3.63) is 30.1 Å². The molecule has 90 valence electrons. The summed E-state index contributed by atoms with van der Waals surface area (Å²) in [6.45, 7) is -1.83. The van der Waals surface area contributed by atoms with Crippen LogP contribution in [0.15, 0.2) is 24.3 Å². The van der Waals surface area contributed by atoms with Crippen molar-refractivity contribution in [3.63, 3.8) is 0 Å². The maximum Gasteiger partial charge on any atom is 0.405 e. The summed E-state index contributed by atoms with van der Waals surface area (Å²) in [4.78, 5) is 0.878. The van der Waals surface area contributed by atoms with Gasteiger partial charge in [-0.2, -0.15) is 13.2 Å². The number of hydrogen-bond acceptors (Lipinski definition) is 2. The fourth-order valence-corrected chi connectivity index (χ4v) is 1.31. The first-order chi connectivity index (χ1) is 7.42. The molecule has 16 heavy (non-hydrogen) atoms. The van der Waals surface area contributed by atoms with Crippen LogP contribution >= 0.6 is 0 Å². The zero-order valence-corrected chi connectivity index (χ0v) is 8.34. The average Bonchev–Trinajstić information content (AvgIpc) is 2.15. The molecule has 0 aliphatic heterocycles. The van der Waals surface area contributed by atoms with Gasteiger partial charge in [-0.25, -0.2) is 4.39 Å². The van der Waals surface area contributed by atoms with Crippen LogP contribution in [0.2, 0.25) is 0 Å². The smallest absolute Gasteiger partial charge is 0.395 e. The lowest BCUT2D eigenvalue weighted by atomic mass is 10.2. The SMILES string of the molecule is OCCN(CC(F)(F)F)c1cccc(F)c1. The number of anilines is 1. The van der Waals surface area contributed by atoms with E-state index in [9.17, 15) is 17.6 Å². The molecule has 0 amide bonds. The Kier molecular flexibility index (Phi) is 4.12. The van der Waals surface area contributed by atoms with Gasteiger partial charge in [0.25, 0.3) is 0 Å². The summed E-state index contributed by atoms with van der Waals surface area (Å²) in [5.41, 5.74) is 0.103. The second-order valence-corrected chi connectivity index (χ2v) is 3.24. The summed E-state index contributed by atoms with van der Waals surface area (Å²) in [5.74, 6) is -0.609. The van der Waals surface area contributed by atoms with E-state index < -0.39 is 25.1 Å². The summed E-state index contributed by atoms with van der Waals surface area (Å²) in [5, 5.41) is 8.66. The summed E-state index contributed by atoms with van der Waals surface area (Å²) >= 11 is 0. The van der Waals surface area contributed by atoms with Gasteiger partial charge in [0.15, 0.2) is 0 Å². The Labute approximate surface area is 90.1 Å². The number of rotatable bonds is 4. The van der Waals surface area contributed by atoms with Crippen LogP contribution in [0.5, 0.6) is 0 Å². The lowest BCUT2D eigenvalue weighted by Gasteiger charge is -2.25. The van der Waals surface area contributed by atoms with Gasteiger partial charge in [-0.05, 0) is 18.2 Å². The van der Waals surface area contributed by atoms with Crippen molar-refractivity contribution >= 4 is 5.69 Å².